The summed E-state index contributed by atoms with van der Waals surface area (Å²) in [4.78, 5) is 24.5. The lowest BCUT2D eigenvalue weighted by Gasteiger charge is -2.20. The molecule has 2 aromatic carbocycles. The Morgan fingerprint density at radius 3 is 2.61 bits per heavy atom. The molecule has 0 radical (unpaired) electrons. The Bertz CT molecular complexity index is 1110. The summed E-state index contributed by atoms with van der Waals surface area (Å²) in [7, 11) is 0. The van der Waals surface area contributed by atoms with E-state index in [-0.39, 0.29) is 12.1 Å². The molecule has 3 aromatic rings. The van der Waals surface area contributed by atoms with Gasteiger partial charge in [0.15, 0.2) is 5.69 Å². The predicted octanol–water partition coefficient (Wildman–Crippen LogP) is 4.49. The van der Waals surface area contributed by atoms with Crippen molar-refractivity contribution in [2.24, 2.45) is 0 Å². The SMILES string of the molecule is CCOc1cc(C(=O)NC(CC(=O)O)c2cccc(C)c2C)nn1-c1ccccc1Cl. The number of benzene rings is 2. The molecule has 0 spiro atoms. The number of hydrogen-bond acceptors (Lipinski definition) is 4. The monoisotopic (exact) mass is 441 g/mol. The Kier molecular flexibility index (Phi) is 6.97. The summed E-state index contributed by atoms with van der Waals surface area (Å²) < 4.78 is 7.10. The number of carboxylic acid groups (broad SMARTS) is 1. The van der Waals surface area contributed by atoms with Gasteiger partial charge in [0.05, 0.1) is 29.8 Å². The third-order valence-electron chi connectivity index (χ3n) is 4.99. The minimum atomic E-state index is -1.01. The molecule has 8 heteroatoms. The minimum absolute atomic E-state index is 0.101. The van der Waals surface area contributed by atoms with Crippen LogP contribution in [0.2, 0.25) is 5.02 Å². The number of aromatic nitrogens is 2. The summed E-state index contributed by atoms with van der Waals surface area (Å²) in [5, 5.41) is 17.0. The summed E-state index contributed by atoms with van der Waals surface area (Å²) in [6.45, 7) is 6.05. The third kappa shape index (κ3) is 5.06. The highest BCUT2D eigenvalue weighted by Gasteiger charge is 2.24. The van der Waals surface area contributed by atoms with Crippen LogP contribution in [0.25, 0.3) is 5.69 Å². The molecule has 0 bridgehead atoms. The van der Waals surface area contributed by atoms with E-state index in [2.05, 4.69) is 10.4 Å². The van der Waals surface area contributed by atoms with Crippen LogP contribution in [-0.4, -0.2) is 33.4 Å². The van der Waals surface area contributed by atoms with Crippen molar-refractivity contribution in [1.29, 1.82) is 0 Å². The van der Waals surface area contributed by atoms with Gasteiger partial charge in [0.25, 0.3) is 5.91 Å². The van der Waals surface area contributed by atoms with Crippen LogP contribution in [0.15, 0.2) is 48.5 Å². The summed E-state index contributed by atoms with van der Waals surface area (Å²) in [5.41, 5.74) is 3.38. The van der Waals surface area contributed by atoms with Crippen LogP contribution in [-0.2, 0) is 4.79 Å². The van der Waals surface area contributed by atoms with Gasteiger partial charge in [-0.1, -0.05) is 41.9 Å². The molecular formula is C23H24ClN3O4. The number of halogens is 1. The van der Waals surface area contributed by atoms with Crippen LogP contribution in [0.1, 0.15) is 46.6 Å². The third-order valence-corrected chi connectivity index (χ3v) is 5.31. The molecule has 1 heterocycles. The molecule has 3 rings (SSSR count). The zero-order valence-corrected chi connectivity index (χ0v) is 18.3. The van der Waals surface area contributed by atoms with E-state index in [4.69, 9.17) is 16.3 Å². The van der Waals surface area contributed by atoms with Crippen molar-refractivity contribution < 1.29 is 19.4 Å². The zero-order valence-electron chi connectivity index (χ0n) is 17.6. The molecule has 1 unspecified atom stereocenters. The van der Waals surface area contributed by atoms with Crippen molar-refractivity contribution in [2.75, 3.05) is 6.61 Å². The molecule has 1 amide bonds. The van der Waals surface area contributed by atoms with E-state index in [1.807, 2.05) is 45.0 Å². The molecule has 162 valence electrons. The molecule has 1 aromatic heterocycles. The summed E-state index contributed by atoms with van der Waals surface area (Å²) in [6.07, 6.45) is -0.250. The number of hydrogen-bond donors (Lipinski definition) is 2. The maximum Gasteiger partial charge on any atom is 0.305 e. The number of nitrogens with one attached hydrogen (secondary N) is 1. The number of rotatable bonds is 8. The van der Waals surface area contributed by atoms with Gasteiger partial charge < -0.3 is 15.2 Å². The quantitative estimate of drug-likeness (QED) is 0.537. The number of ether oxygens (including phenoxy) is 1. The van der Waals surface area contributed by atoms with Gasteiger partial charge in [-0.2, -0.15) is 9.78 Å². The maximum atomic E-state index is 13.0. The lowest BCUT2D eigenvalue weighted by molar-refractivity contribution is -0.137. The van der Waals surface area contributed by atoms with Crippen molar-refractivity contribution >= 4 is 23.5 Å². The number of aliphatic carboxylic acids is 1. The van der Waals surface area contributed by atoms with Crippen molar-refractivity contribution in [1.82, 2.24) is 15.1 Å². The number of amides is 1. The second-order valence-electron chi connectivity index (χ2n) is 7.08. The van der Waals surface area contributed by atoms with Gasteiger partial charge in [0, 0.05) is 6.07 Å². The van der Waals surface area contributed by atoms with Crippen molar-refractivity contribution in [3.63, 3.8) is 0 Å². The Labute approximate surface area is 185 Å². The van der Waals surface area contributed by atoms with Crippen LogP contribution in [0.3, 0.4) is 0 Å². The van der Waals surface area contributed by atoms with Crippen LogP contribution >= 0.6 is 11.6 Å². The van der Waals surface area contributed by atoms with Crippen LogP contribution < -0.4 is 10.1 Å². The topological polar surface area (TPSA) is 93.4 Å². The minimum Gasteiger partial charge on any atom is -0.481 e. The Balaban J connectivity index is 1.95. The number of carbonyl (C=O) groups excluding carboxylic acids is 1. The highest BCUT2D eigenvalue weighted by atomic mass is 35.5. The van der Waals surface area contributed by atoms with Gasteiger partial charge in [0.2, 0.25) is 5.88 Å². The average Bonchev–Trinajstić information content (AvgIpc) is 3.14. The van der Waals surface area contributed by atoms with E-state index in [9.17, 15) is 14.7 Å². The normalized spacial score (nSPS) is 11.7. The van der Waals surface area contributed by atoms with E-state index in [1.165, 1.54) is 10.7 Å². The number of nitrogens with zero attached hydrogens (tertiary/aromatic N) is 2. The zero-order chi connectivity index (χ0) is 22.5. The van der Waals surface area contributed by atoms with Crippen LogP contribution in [0.5, 0.6) is 5.88 Å². The second-order valence-corrected chi connectivity index (χ2v) is 7.48. The van der Waals surface area contributed by atoms with E-state index < -0.39 is 17.9 Å². The molecule has 2 N–H and O–H groups in total. The first-order valence-electron chi connectivity index (χ1n) is 9.88. The average molecular weight is 442 g/mol. The van der Waals surface area contributed by atoms with E-state index in [0.717, 1.165) is 16.7 Å². The fourth-order valence-corrected chi connectivity index (χ4v) is 3.53. The van der Waals surface area contributed by atoms with Gasteiger partial charge in [-0.25, -0.2) is 0 Å². The van der Waals surface area contributed by atoms with Gasteiger partial charge in [-0.05, 0) is 49.6 Å². The highest BCUT2D eigenvalue weighted by Crippen LogP contribution is 2.27. The van der Waals surface area contributed by atoms with Gasteiger partial charge in [-0.3, -0.25) is 9.59 Å². The standard InChI is InChI=1S/C23H24ClN3O4/c1-4-31-21-12-19(26-27(21)20-11-6-5-10-17(20)24)23(30)25-18(13-22(28)29)16-9-7-8-14(2)15(16)3/h5-12,18H,4,13H2,1-3H3,(H,25,30)(H,28,29). The lowest BCUT2D eigenvalue weighted by Crippen LogP contribution is -2.31. The lowest BCUT2D eigenvalue weighted by atomic mass is 9.95. The van der Waals surface area contributed by atoms with Gasteiger partial charge >= 0.3 is 5.97 Å². The molecule has 0 aliphatic heterocycles. The van der Waals surface area contributed by atoms with Crippen molar-refractivity contribution in [3.05, 3.63) is 75.9 Å². The molecule has 0 saturated carbocycles. The first-order valence-corrected chi connectivity index (χ1v) is 10.3. The molecule has 0 fully saturated rings. The summed E-state index contributed by atoms with van der Waals surface area (Å²) in [5.74, 6) is -1.15. The Morgan fingerprint density at radius 1 is 1.19 bits per heavy atom. The molecule has 0 aliphatic carbocycles. The fraction of sp³-hybridized carbons (Fsp3) is 0.261. The predicted molar refractivity (Wildman–Crippen MR) is 118 cm³/mol. The number of carboxylic acids is 1. The molecule has 0 aliphatic rings. The first-order chi connectivity index (χ1) is 14.8. The Hall–Kier alpha value is -3.32. The smallest absolute Gasteiger partial charge is 0.305 e. The van der Waals surface area contributed by atoms with E-state index >= 15 is 0 Å². The number of aryl methyl sites for hydroxylation is 1. The van der Waals surface area contributed by atoms with E-state index in [0.29, 0.717) is 23.2 Å². The van der Waals surface area contributed by atoms with Crippen molar-refractivity contribution in [3.8, 4) is 11.6 Å². The molecule has 1 atom stereocenters. The van der Waals surface area contributed by atoms with E-state index in [1.54, 1.807) is 18.2 Å². The molecule has 31 heavy (non-hydrogen) atoms. The Morgan fingerprint density at radius 2 is 1.94 bits per heavy atom. The van der Waals surface area contributed by atoms with Crippen LogP contribution in [0.4, 0.5) is 0 Å². The summed E-state index contributed by atoms with van der Waals surface area (Å²) >= 11 is 6.29. The van der Waals surface area contributed by atoms with Crippen LogP contribution in [0, 0.1) is 13.8 Å². The van der Waals surface area contributed by atoms with Gasteiger partial charge in [0.1, 0.15) is 0 Å². The molecular weight excluding hydrogens is 418 g/mol. The number of carbonyl (C=O) groups is 2. The molecule has 7 nitrogen and oxygen atoms in total. The number of para-hydroxylation sites is 1. The van der Waals surface area contributed by atoms with Gasteiger partial charge in [-0.15, -0.1) is 0 Å². The van der Waals surface area contributed by atoms with Crippen molar-refractivity contribution in [2.45, 2.75) is 33.2 Å². The fourth-order valence-electron chi connectivity index (χ4n) is 3.32. The maximum absolute atomic E-state index is 13.0. The highest BCUT2D eigenvalue weighted by molar-refractivity contribution is 6.32. The molecule has 0 saturated heterocycles. The largest absolute Gasteiger partial charge is 0.481 e. The first kappa shape index (κ1) is 22.4. The summed E-state index contributed by atoms with van der Waals surface area (Å²) in [6, 6.07) is 13.5. The second kappa shape index (κ2) is 9.66.